The number of piperidine rings is 3. The van der Waals surface area contributed by atoms with Crippen LogP contribution in [-0.4, -0.2) is 155 Å². The van der Waals surface area contributed by atoms with Gasteiger partial charge in [0.1, 0.15) is 22.4 Å². The molecule has 4 bridgehead atoms. The minimum Gasteiger partial charge on any atom is -0.454 e. The fourth-order valence-electron chi connectivity index (χ4n) is 14.3. The number of allylic oxidation sites excluding steroid dienone is 3. The van der Waals surface area contributed by atoms with Crippen molar-refractivity contribution in [3.63, 3.8) is 0 Å². The summed E-state index contributed by atoms with van der Waals surface area (Å²) in [7, 11) is -4.67. The largest absolute Gasteiger partial charge is 0.454 e. The molecule has 1 aromatic rings. The van der Waals surface area contributed by atoms with Gasteiger partial charge in [0, 0.05) is 79.9 Å². The quantitative estimate of drug-likeness (QED) is 0.0910. The zero-order valence-electron chi connectivity index (χ0n) is 39.6. The summed E-state index contributed by atoms with van der Waals surface area (Å²) >= 11 is 0. The Kier molecular flexibility index (Phi) is 13.5. The van der Waals surface area contributed by atoms with Crippen molar-refractivity contribution in [2.75, 3.05) is 33.0 Å². The molecule has 10 rings (SSSR count). The van der Waals surface area contributed by atoms with Crippen LogP contribution in [0.1, 0.15) is 111 Å². The minimum atomic E-state index is -4.67. The van der Waals surface area contributed by atoms with Crippen LogP contribution in [0.15, 0.2) is 48.1 Å². The fraction of sp³-hybridized carbons (Fsp3) is 0.714. The van der Waals surface area contributed by atoms with Crippen molar-refractivity contribution in [3.05, 3.63) is 53.6 Å². The van der Waals surface area contributed by atoms with Crippen molar-refractivity contribution in [1.29, 1.82) is 0 Å². The average Bonchev–Trinajstić information content (AvgIpc) is 3.81. The van der Waals surface area contributed by atoms with Gasteiger partial charge in [-0.2, -0.15) is 8.42 Å². The Hall–Kier alpha value is -3.47. The molecule has 14 unspecified atom stereocenters. The molecule has 5 aliphatic heterocycles. The summed E-state index contributed by atoms with van der Waals surface area (Å²) in [5, 5.41) is 73.9. The molecule has 0 aromatic heterocycles. The Labute approximate surface area is 398 Å². The number of ether oxygens (including phenoxy) is 4. The third-order valence-corrected chi connectivity index (χ3v) is 17.8. The molecule has 4 aliphatic carbocycles. The molecule has 5 heterocycles. The maximum Gasteiger partial charge on any atom is 0.394 e. The molecule has 19 heteroatoms. The predicted molar refractivity (Wildman–Crippen MR) is 245 cm³/mol. The minimum absolute atomic E-state index is 0.0606. The number of aliphatic hydroxyl groups is 6. The van der Waals surface area contributed by atoms with Crippen molar-refractivity contribution in [2.45, 2.75) is 157 Å². The maximum atomic E-state index is 12.9. The number of rotatable bonds is 5. The van der Waals surface area contributed by atoms with Crippen molar-refractivity contribution in [3.8, 4) is 11.5 Å². The Morgan fingerprint density at radius 3 is 2.24 bits per heavy atom. The number of hydrogen-bond donors (Lipinski definition) is 8. The third kappa shape index (κ3) is 8.14. The summed E-state index contributed by atoms with van der Waals surface area (Å²) in [6.45, 7) is 12.1. The van der Waals surface area contributed by atoms with E-state index in [0.717, 1.165) is 49.4 Å². The SMILES string of the molecule is CC=C(C)C(=O)OC1CCC2(C)C3CCC4C5(O)CC(O)C6(O)C(CN7CC(C)CCC7C6(C)O)C5(O)CC42OC13O.O=C(C=CC=Cc1ccc2c(c1)OCO2)N1CCCCC1.O=S(=O)(O)O. The van der Waals surface area contributed by atoms with Crippen LogP contribution in [0, 0.1) is 29.1 Å². The lowest BCUT2D eigenvalue weighted by Gasteiger charge is -2.68. The summed E-state index contributed by atoms with van der Waals surface area (Å²) in [5.41, 5.74) is -7.94. The van der Waals surface area contributed by atoms with Crippen LogP contribution in [0.3, 0.4) is 0 Å². The molecule has 9 aliphatic rings. The van der Waals surface area contributed by atoms with Crippen LogP contribution < -0.4 is 9.47 Å². The molecule has 0 radical (unpaired) electrons. The predicted octanol–water partition coefficient (Wildman–Crippen LogP) is 3.34. The molecular formula is C49H70N2O16S. The highest BCUT2D eigenvalue weighted by Gasteiger charge is 2.88. The zero-order chi connectivity index (χ0) is 49.5. The van der Waals surface area contributed by atoms with Crippen LogP contribution in [0.4, 0.5) is 0 Å². The van der Waals surface area contributed by atoms with Gasteiger partial charge in [-0.25, -0.2) is 4.79 Å². The fourth-order valence-corrected chi connectivity index (χ4v) is 14.3. The topological polar surface area (TPSA) is 274 Å². The van der Waals surface area contributed by atoms with Gasteiger partial charge in [0.2, 0.25) is 18.5 Å². The summed E-state index contributed by atoms with van der Waals surface area (Å²) < 4.78 is 54.8. The summed E-state index contributed by atoms with van der Waals surface area (Å²) in [4.78, 5) is 28.7. The number of carbonyl (C=O) groups is 2. The first-order chi connectivity index (χ1) is 31.8. The second kappa shape index (κ2) is 18.0. The smallest absolute Gasteiger partial charge is 0.394 e. The Bertz CT molecular complexity index is 2310. The number of amides is 1. The standard InChI is InChI=1S/C32H49NO9.C17H19NO3.H2O4S/c1-6-18(3)25(35)41-24-11-12-26(4)19-8-9-20-28(37)13-23(34)31(39)21(29(28,38)16-30(20,26)42-32(19,24)40)15-33-14-17(2)7-10-22(33)27(31,5)36;19-17(18-10-4-1-5-11-18)7-3-2-6-14-8-9-15-16(12-14)21-13-20-15;1-5(2,3)4/h6,17,19-24,34,36-40H,7-16H2,1-5H3;2-3,6-9,12H,1,4-5,10-11,13H2;(H2,1,2,3,4). The van der Waals surface area contributed by atoms with E-state index in [1.165, 1.54) is 6.42 Å². The van der Waals surface area contributed by atoms with Crippen LogP contribution in [0.25, 0.3) is 6.08 Å². The highest BCUT2D eigenvalue weighted by Crippen LogP contribution is 2.78. The highest BCUT2D eigenvalue weighted by atomic mass is 32.3. The first kappa shape index (κ1) is 50.9. The molecule has 68 heavy (non-hydrogen) atoms. The van der Waals surface area contributed by atoms with Gasteiger partial charge < -0.3 is 54.5 Å². The van der Waals surface area contributed by atoms with Crippen molar-refractivity contribution < 1.29 is 76.7 Å². The Morgan fingerprint density at radius 2 is 1.54 bits per heavy atom. The number of benzene rings is 1. The molecule has 8 N–H and O–H groups in total. The molecule has 4 saturated heterocycles. The van der Waals surface area contributed by atoms with Crippen molar-refractivity contribution >= 4 is 28.4 Å². The Balaban J connectivity index is 0.000000200. The summed E-state index contributed by atoms with van der Waals surface area (Å²) in [5.74, 6) is -2.39. The number of aliphatic hydroxyl groups excluding tert-OH is 1. The zero-order valence-corrected chi connectivity index (χ0v) is 40.4. The van der Waals surface area contributed by atoms with E-state index in [-0.39, 0.29) is 38.1 Å². The molecule has 18 nitrogen and oxygen atoms in total. The molecule has 4 saturated carbocycles. The average molecular weight is 975 g/mol. The number of carbonyl (C=O) groups excluding carboxylic acids is 2. The van der Waals surface area contributed by atoms with Gasteiger partial charge in [-0.1, -0.05) is 44.2 Å². The van der Waals surface area contributed by atoms with Gasteiger partial charge >= 0.3 is 16.4 Å². The van der Waals surface area contributed by atoms with Gasteiger partial charge in [-0.3, -0.25) is 18.8 Å². The molecule has 14 atom stereocenters. The number of fused-ring (bicyclic) bond motifs is 6. The molecular weight excluding hydrogens is 905 g/mol. The van der Waals surface area contributed by atoms with E-state index >= 15 is 0 Å². The van der Waals surface area contributed by atoms with E-state index < -0.39 is 85.5 Å². The van der Waals surface area contributed by atoms with Crippen LogP contribution in [0.2, 0.25) is 0 Å². The molecule has 1 amide bonds. The lowest BCUT2D eigenvalue weighted by atomic mass is 9.49. The van der Waals surface area contributed by atoms with E-state index in [1.807, 2.05) is 42.2 Å². The summed E-state index contributed by atoms with van der Waals surface area (Å²) in [6.07, 6.45) is 13.0. The van der Waals surface area contributed by atoms with E-state index in [9.17, 15) is 40.2 Å². The van der Waals surface area contributed by atoms with Gasteiger partial charge in [-0.05, 0) is 102 Å². The van der Waals surface area contributed by atoms with E-state index in [0.29, 0.717) is 50.1 Å². The first-order valence-electron chi connectivity index (χ1n) is 24.1. The van der Waals surface area contributed by atoms with Crippen LogP contribution in [-0.2, 0) is 29.5 Å². The molecule has 8 fully saturated rings. The summed E-state index contributed by atoms with van der Waals surface area (Å²) in [6, 6.07) is 5.40. The number of hydrogen-bond acceptors (Lipinski definition) is 15. The monoisotopic (exact) mass is 974 g/mol. The lowest BCUT2D eigenvalue weighted by molar-refractivity contribution is -0.354. The lowest BCUT2D eigenvalue weighted by Crippen LogP contribution is -2.85. The van der Waals surface area contributed by atoms with E-state index in [2.05, 4.69) is 11.8 Å². The van der Waals surface area contributed by atoms with E-state index in [4.69, 9.17) is 36.5 Å². The van der Waals surface area contributed by atoms with Crippen molar-refractivity contribution in [1.82, 2.24) is 9.80 Å². The maximum absolute atomic E-state index is 12.9. The second-order valence-electron chi connectivity index (χ2n) is 21.3. The van der Waals surface area contributed by atoms with Gasteiger partial charge in [0.15, 0.2) is 17.6 Å². The second-order valence-corrected chi connectivity index (χ2v) is 22.2. The number of likely N-dealkylation sites (tertiary alicyclic amines) is 1. The highest BCUT2D eigenvalue weighted by molar-refractivity contribution is 7.79. The molecule has 1 aromatic carbocycles. The molecule has 1 spiro atoms. The molecule has 378 valence electrons. The third-order valence-electron chi connectivity index (χ3n) is 17.8. The normalized spacial score (nSPS) is 43.6. The van der Waals surface area contributed by atoms with Gasteiger partial charge in [0.25, 0.3) is 0 Å². The number of nitrogens with zero attached hydrogens (tertiary/aromatic N) is 2. The van der Waals surface area contributed by atoms with Crippen LogP contribution >= 0.6 is 0 Å². The Morgan fingerprint density at radius 1 is 0.868 bits per heavy atom. The number of esters is 1. The van der Waals surface area contributed by atoms with Crippen LogP contribution in [0.5, 0.6) is 11.5 Å². The van der Waals surface area contributed by atoms with Gasteiger partial charge in [-0.15, -0.1) is 0 Å². The van der Waals surface area contributed by atoms with E-state index in [1.54, 1.807) is 39.0 Å². The van der Waals surface area contributed by atoms with Gasteiger partial charge in [0.05, 0.1) is 11.7 Å². The van der Waals surface area contributed by atoms with Crippen molar-refractivity contribution in [2.24, 2.45) is 29.1 Å². The first-order valence-corrected chi connectivity index (χ1v) is 25.5.